The number of hydrogen-bond acceptors (Lipinski definition) is 6. The first-order chi connectivity index (χ1) is 13.5. The van der Waals surface area contributed by atoms with E-state index in [4.69, 9.17) is 15.2 Å². The fraction of sp³-hybridized carbons (Fsp3) is 0.591. The first-order valence-electron chi connectivity index (χ1n) is 9.81. The molecular formula is C22H34N2O6. The van der Waals surface area contributed by atoms with Crippen molar-refractivity contribution in [3.63, 3.8) is 0 Å². The molecule has 2 atom stereocenters. The number of aliphatic carboxylic acids is 1. The number of carbonyl (C=O) groups excluding carboxylic acids is 2. The molecule has 0 radical (unpaired) electrons. The van der Waals surface area contributed by atoms with E-state index in [0.717, 1.165) is 5.56 Å². The highest BCUT2D eigenvalue weighted by atomic mass is 16.6. The van der Waals surface area contributed by atoms with Crippen LogP contribution in [0.3, 0.4) is 0 Å². The number of carboxylic acid groups (broad SMARTS) is 1. The summed E-state index contributed by atoms with van der Waals surface area (Å²) in [5.74, 6) is -1.12. The molecule has 0 heterocycles. The monoisotopic (exact) mass is 422 g/mol. The minimum atomic E-state index is -1.74. The highest BCUT2D eigenvalue weighted by Gasteiger charge is 2.35. The number of ether oxygens (including phenoxy) is 2. The fourth-order valence-electron chi connectivity index (χ4n) is 2.54. The molecule has 1 amide bonds. The van der Waals surface area contributed by atoms with Crippen LogP contribution in [0.2, 0.25) is 0 Å². The lowest BCUT2D eigenvalue weighted by molar-refractivity contribution is -0.144. The zero-order chi connectivity index (χ0) is 23.3. The molecule has 0 saturated heterocycles. The standard InChI is InChI=1S/C22H34N2O6/c1-20(2,3)29-15-10-8-14(9-11-15)12-16(24-19(28)30-21(4,5)6)17(25)13-22(7,23)18(26)27/h8-11,16H,12-13,23H2,1-7H3,(H,24,28)(H,26,27)/t16-,22?/m0/s1. The van der Waals surface area contributed by atoms with Gasteiger partial charge >= 0.3 is 12.1 Å². The molecule has 0 aromatic heterocycles. The number of Topliss-reactive ketones (excluding diaryl/α,β-unsaturated/α-hetero) is 1. The molecular weight excluding hydrogens is 388 g/mol. The average Bonchev–Trinajstić information content (AvgIpc) is 2.52. The number of carboxylic acids is 1. The van der Waals surface area contributed by atoms with E-state index < -0.39 is 41.4 Å². The molecule has 1 unspecified atom stereocenters. The van der Waals surface area contributed by atoms with E-state index in [1.54, 1.807) is 45.0 Å². The minimum Gasteiger partial charge on any atom is -0.488 e. The van der Waals surface area contributed by atoms with Crippen LogP contribution < -0.4 is 15.8 Å². The molecule has 0 aliphatic carbocycles. The number of nitrogens with two attached hydrogens (primary N) is 1. The van der Waals surface area contributed by atoms with Crippen LogP contribution in [0.4, 0.5) is 4.79 Å². The van der Waals surface area contributed by atoms with Crippen LogP contribution >= 0.6 is 0 Å². The van der Waals surface area contributed by atoms with Gasteiger partial charge in [-0.1, -0.05) is 12.1 Å². The van der Waals surface area contributed by atoms with Gasteiger partial charge in [-0.2, -0.15) is 0 Å². The third-order valence-corrected chi connectivity index (χ3v) is 3.90. The summed E-state index contributed by atoms with van der Waals surface area (Å²) in [7, 11) is 0. The van der Waals surface area contributed by atoms with Gasteiger partial charge in [-0.3, -0.25) is 9.59 Å². The molecule has 8 heteroatoms. The molecule has 30 heavy (non-hydrogen) atoms. The molecule has 1 aromatic carbocycles. The Morgan fingerprint density at radius 3 is 1.97 bits per heavy atom. The summed E-state index contributed by atoms with van der Waals surface area (Å²) in [6, 6.07) is 6.14. The largest absolute Gasteiger partial charge is 0.488 e. The lowest BCUT2D eigenvalue weighted by atomic mass is 9.91. The molecule has 0 bridgehead atoms. The summed E-state index contributed by atoms with van der Waals surface area (Å²) in [5, 5.41) is 11.8. The Kier molecular flexibility index (Phi) is 8.02. The van der Waals surface area contributed by atoms with Crippen LogP contribution in [0.5, 0.6) is 5.75 Å². The Morgan fingerprint density at radius 2 is 1.53 bits per heavy atom. The highest BCUT2D eigenvalue weighted by Crippen LogP contribution is 2.20. The summed E-state index contributed by atoms with van der Waals surface area (Å²) >= 11 is 0. The van der Waals surface area contributed by atoms with Crippen molar-refractivity contribution in [3.05, 3.63) is 29.8 Å². The SMILES string of the molecule is CC(C)(C)OC(=O)N[C@@H](Cc1ccc(OC(C)(C)C)cc1)C(=O)CC(C)(N)C(=O)O. The van der Waals surface area contributed by atoms with Crippen LogP contribution in [0.25, 0.3) is 0 Å². The van der Waals surface area contributed by atoms with E-state index in [1.807, 2.05) is 20.8 Å². The topological polar surface area (TPSA) is 128 Å². The van der Waals surface area contributed by atoms with E-state index in [9.17, 15) is 19.5 Å². The average molecular weight is 423 g/mol. The van der Waals surface area contributed by atoms with Crippen molar-refractivity contribution in [3.8, 4) is 5.75 Å². The third-order valence-electron chi connectivity index (χ3n) is 3.90. The van der Waals surface area contributed by atoms with Gasteiger partial charge in [-0.15, -0.1) is 0 Å². The lowest BCUT2D eigenvalue weighted by Crippen LogP contribution is -2.51. The van der Waals surface area contributed by atoms with Gasteiger partial charge < -0.3 is 25.6 Å². The second-order valence-corrected chi connectivity index (χ2v) is 9.63. The number of nitrogens with one attached hydrogen (secondary N) is 1. The maximum absolute atomic E-state index is 12.8. The van der Waals surface area contributed by atoms with Gasteiger partial charge in [0.05, 0.1) is 6.04 Å². The summed E-state index contributed by atoms with van der Waals surface area (Å²) in [6.07, 6.45) is -1.04. The van der Waals surface area contributed by atoms with Gasteiger partial charge in [-0.25, -0.2) is 4.79 Å². The molecule has 0 aliphatic rings. The normalized spacial score (nSPS) is 14.9. The van der Waals surface area contributed by atoms with Gasteiger partial charge in [0.25, 0.3) is 0 Å². The molecule has 1 aromatic rings. The van der Waals surface area contributed by atoms with Gasteiger partial charge in [-0.05, 0) is 72.6 Å². The number of rotatable bonds is 8. The Labute approximate surface area is 178 Å². The number of carbonyl (C=O) groups is 3. The molecule has 1 rings (SSSR count). The van der Waals surface area contributed by atoms with E-state index in [-0.39, 0.29) is 12.0 Å². The van der Waals surface area contributed by atoms with Crippen molar-refractivity contribution in [2.24, 2.45) is 5.73 Å². The van der Waals surface area contributed by atoms with E-state index >= 15 is 0 Å². The molecule has 0 fully saturated rings. The molecule has 168 valence electrons. The van der Waals surface area contributed by atoms with Gasteiger partial charge in [0, 0.05) is 6.42 Å². The van der Waals surface area contributed by atoms with E-state index in [2.05, 4.69) is 5.32 Å². The van der Waals surface area contributed by atoms with Gasteiger partial charge in [0.2, 0.25) is 0 Å². The number of benzene rings is 1. The maximum atomic E-state index is 12.8. The van der Waals surface area contributed by atoms with Crippen molar-refractivity contribution in [1.29, 1.82) is 0 Å². The molecule has 0 aliphatic heterocycles. The first kappa shape index (κ1) is 25.4. The molecule has 8 nitrogen and oxygen atoms in total. The van der Waals surface area contributed by atoms with Crippen LogP contribution in [0, 0.1) is 0 Å². The van der Waals surface area contributed by atoms with Crippen LogP contribution in [0.1, 0.15) is 60.5 Å². The Morgan fingerprint density at radius 1 is 1.00 bits per heavy atom. The minimum absolute atomic E-state index is 0.156. The summed E-state index contributed by atoms with van der Waals surface area (Å²) in [5.41, 5.74) is 3.66. The second kappa shape index (κ2) is 9.47. The highest BCUT2D eigenvalue weighted by molar-refractivity contribution is 5.93. The summed E-state index contributed by atoms with van der Waals surface area (Å²) in [6.45, 7) is 12.2. The molecule has 0 saturated carbocycles. The maximum Gasteiger partial charge on any atom is 0.408 e. The first-order valence-corrected chi connectivity index (χ1v) is 9.81. The molecule has 0 spiro atoms. The fourth-order valence-corrected chi connectivity index (χ4v) is 2.54. The lowest BCUT2D eigenvalue weighted by Gasteiger charge is -2.25. The smallest absolute Gasteiger partial charge is 0.408 e. The predicted octanol–water partition coefficient (Wildman–Crippen LogP) is 3.06. The van der Waals surface area contributed by atoms with E-state index in [1.165, 1.54) is 6.92 Å². The quantitative estimate of drug-likeness (QED) is 0.587. The third kappa shape index (κ3) is 9.26. The second-order valence-electron chi connectivity index (χ2n) is 9.63. The predicted molar refractivity (Wildman–Crippen MR) is 114 cm³/mol. The summed E-state index contributed by atoms with van der Waals surface area (Å²) < 4.78 is 11.0. The van der Waals surface area contributed by atoms with Crippen LogP contribution in [-0.2, 0) is 20.7 Å². The zero-order valence-corrected chi connectivity index (χ0v) is 18.9. The number of alkyl carbamates (subject to hydrolysis) is 1. The van der Waals surface area contributed by atoms with Crippen molar-refractivity contribution in [1.82, 2.24) is 5.32 Å². The van der Waals surface area contributed by atoms with Crippen LogP contribution in [-0.4, -0.2) is 45.7 Å². The number of amides is 1. The van der Waals surface area contributed by atoms with Crippen LogP contribution in [0.15, 0.2) is 24.3 Å². The zero-order valence-electron chi connectivity index (χ0n) is 18.9. The van der Waals surface area contributed by atoms with Gasteiger partial charge in [0.15, 0.2) is 5.78 Å². The Hall–Kier alpha value is -2.61. The Bertz CT molecular complexity index is 757. The number of hydrogen-bond donors (Lipinski definition) is 3. The van der Waals surface area contributed by atoms with Gasteiger partial charge in [0.1, 0.15) is 22.5 Å². The van der Waals surface area contributed by atoms with Crippen molar-refractivity contribution in [2.75, 3.05) is 0 Å². The number of ketones is 1. The summed E-state index contributed by atoms with van der Waals surface area (Å²) in [4.78, 5) is 36.3. The van der Waals surface area contributed by atoms with Crippen molar-refractivity contribution >= 4 is 17.8 Å². The van der Waals surface area contributed by atoms with Crippen molar-refractivity contribution in [2.45, 2.75) is 84.1 Å². The van der Waals surface area contributed by atoms with Crippen molar-refractivity contribution < 1.29 is 29.0 Å². The Balaban J connectivity index is 3.01. The van der Waals surface area contributed by atoms with E-state index in [0.29, 0.717) is 5.75 Å². The molecule has 4 N–H and O–H groups in total.